The lowest BCUT2D eigenvalue weighted by molar-refractivity contribution is 0.319. The Hall–Kier alpha value is 0.0900. The topological polar surface area (TPSA) is 54.4 Å². The first-order valence-electron chi connectivity index (χ1n) is 3.58. The van der Waals surface area contributed by atoms with Crippen LogP contribution in [0.5, 0.6) is 0 Å². The van der Waals surface area contributed by atoms with Crippen molar-refractivity contribution in [1.29, 1.82) is 0 Å². The van der Waals surface area contributed by atoms with Gasteiger partial charge < -0.3 is 5.11 Å². The van der Waals surface area contributed by atoms with Crippen LogP contribution < -0.4 is 0 Å². The first-order chi connectivity index (χ1) is 6.03. The van der Waals surface area contributed by atoms with E-state index >= 15 is 0 Å². The molecular formula is C7H9BrO3S2. The summed E-state index contributed by atoms with van der Waals surface area (Å²) in [6.45, 7) is -0.312. The highest BCUT2D eigenvalue weighted by molar-refractivity contribution is 9.11. The van der Waals surface area contributed by atoms with E-state index in [1.807, 2.05) is 0 Å². The zero-order chi connectivity index (χ0) is 9.90. The van der Waals surface area contributed by atoms with Gasteiger partial charge in [-0.3, -0.25) is 0 Å². The molecule has 0 bridgehead atoms. The molecule has 3 nitrogen and oxygen atoms in total. The van der Waals surface area contributed by atoms with Gasteiger partial charge in [0.15, 0.2) is 9.84 Å². The van der Waals surface area contributed by atoms with Crippen LogP contribution in [0.15, 0.2) is 15.2 Å². The fourth-order valence-electron chi connectivity index (χ4n) is 0.887. The highest BCUT2D eigenvalue weighted by Gasteiger charge is 2.11. The molecule has 0 aliphatic rings. The number of aliphatic hydroxyl groups is 1. The van der Waals surface area contributed by atoms with Crippen LogP contribution in [0.2, 0.25) is 0 Å². The number of halogens is 1. The maximum Gasteiger partial charge on any atom is 0.156 e. The molecule has 0 saturated heterocycles. The number of sulfone groups is 1. The molecule has 1 aromatic rings. The maximum absolute atomic E-state index is 11.2. The normalized spacial score (nSPS) is 11.8. The molecule has 1 rings (SSSR count). The monoisotopic (exact) mass is 284 g/mol. The highest BCUT2D eigenvalue weighted by atomic mass is 79.9. The van der Waals surface area contributed by atoms with E-state index in [0.29, 0.717) is 0 Å². The second-order valence-electron chi connectivity index (χ2n) is 2.57. The van der Waals surface area contributed by atoms with E-state index in [2.05, 4.69) is 15.9 Å². The summed E-state index contributed by atoms with van der Waals surface area (Å²) in [6.07, 6.45) is 0. The quantitative estimate of drug-likeness (QED) is 0.910. The standard InChI is InChI=1S/C7H9BrO3S2/c8-7-3-6(4-12-7)5-13(10,11)2-1-9/h3-4,9H,1-2,5H2. The number of rotatable bonds is 4. The molecule has 0 saturated carbocycles. The van der Waals surface area contributed by atoms with Gasteiger partial charge in [0.25, 0.3) is 0 Å². The van der Waals surface area contributed by atoms with Gasteiger partial charge in [-0.1, -0.05) is 0 Å². The second kappa shape index (κ2) is 4.54. The van der Waals surface area contributed by atoms with Crippen molar-refractivity contribution in [3.8, 4) is 0 Å². The van der Waals surface area contributed by atoms with E-state index in [0.717, 1.165) is 9.35 Å². The average Bonchev–Trinajstić information content (AvgIpc) is 2.34. The minimum atomic E-state index is -3.14. The lowest BCUT2D eigenvalue weighted by Gasteiger charge is -1.98. The summed E-state index contributed by atoms with van der Waals surface area (Å²) in [5.41, 5.74) is 0.769. The van der Waals surface area contributed by atoms with E-state index in [-0.39, 0.29) is 18.1 Å². The molecule has 0 aromatic carbocycles. The molecule has 6 heteroatoms. The molecule has 0 fully saturated rings. The van der Waals surface area contributed by atoms with Crippen LogP contribution in [0, 0.1) is 0 Å². The Morgan fingerprint density at radius 3 is 2.69 bits per heavy atom. The summed E-state index contributed by atoms with van der Waals surface area (Å²) in [7, 11) is -3.14. The predicted octanol–water partition coefficient (Wildman–Crippen LogP) is 1.42. The van der Waals surface area contributed by atoms with Gasteiger partial charge in [-0.05, 0) is 32.9 Å². The van der Waals surface area contributed by atoms with Crippen LogP contribution in [0.3, 0.4) is 0 Å². The lowest BCUT2D eigenvalue weighted by Crippen LogP contribution is -2.11. The van der Waals surface area contributed by atoms with Crippen LogP contribution in [0.1, 0.15) is 5.56 Å². The summed E-state index contributed by atoms with van der Waals surface area (Å²) >= 11 is 4.71. The lowest BCUT2D eigenvalue weighted by atomic mass is 10.4. The van der Waals surface area contributed by atoms with Gasteiger partial charge in [-0.2, -0.15) is 0 Å². The van der Waals surface area contributed by atoms with Gasteiger partial charge in [0.1, 0.15) is 0 Å². The SMILES string of the molecule is O=S(=O)(CCO)Cc1csc(Br)c1. The minimum absolute atomic E-state index is 0.00958. The smallest absolute Gasteiger partial charge is 0.156 e. The molecule has 0 aliphatic heterocycles. The molecule has 0 amide bonds. The van der Waals surface area contributed by atoms with Crippen molar-refractivity contribution in [3.05, 3.63) is 20.8 Å². The summed E-state index contributed by atoms with van der Waals surface area (Å²) in [5, 5.41) is 10.3. The fraction of sp³-hybridized carbons (Fsp3) is 0.429. The third-order valence-corrected chi connectivity index (χ3v) is 4.54. The third-order valence-electron chi connectivity index (χ3n) is 1.41. The molecule has 0 atom stereocenters. The van der Waals surface area contributed by atoms with Gasteiger partial charge in [-0.15, -0.1) is 11.3 Å². The molecular weight excluding hydrogens is 276 g/mol. The third kappa shape index (κ3) is 3.76. The van der Waals surface area contributed by atoms with Crippen molar-refractivity contribution in [2.75, 3.05) is 12.4 Å². The summed E-state index contributed by atoms with van der Waals surface area (Å²) in [6, 6.07) is 1.78. The summed E-state index contributed by atoms with van der Waals surface area (Å²) in [4.78, 5) is 0. The fourth-order valence-corrected chi connectivity index (χ4v) is 3.30. The van der Waals surface area contributed by atoms with Gasteiger partial charge in [-0.25, -0.2) is 8.42 Å². The van der Waals surface area contributed by atoms with Crippen LogP contribution in [0.4, 0.5) is 0 Å². The molecule has 1 heterocycles. The largest absolute Gasteiger partial charge is 0.395 e. The average molecular weight is 285 g/mol. The molecule has 1 N–H and O–H groups in total. The van der Waals surface area contributed by atoms with Crippen molar-refractivity contribution < 1.29 is 13.5 Å². The number of aliphatic hydroxyl groups excluding tert-OH is 1. The van der Waals surface area contributed by atoms with Crippen LogP contribution in [0.25, 0.3) is 0 Å². The molecule has 13 heavy (non-hydrogen) atoms. The molecule has 0 unspecified atom stereocenters. The van der Waals surface area contributed by atoms with Gasteiger partial charge in [0.2, 0.25) is 0 Å². The van der Waals surface area contributed by atoms with Crippen molar-refractivity contribution >= 4 is 37.1 Å². The molecule has 1 aromatic heterocycles. The van der Waals surface area contributed by atoms with E-state index in [1.54, 1.807) is 11.4 Å². The van der Waals surface area contributed by atoms with Crippen molar-refractivity contribution in [2.24, 2.45) is 0 Å². The van der Waals surface area contributed by atoms with E-state index in [1.165, 1.54) is 11.3 Å². The van der Waals surface area contributed by atoms with Gasteiger partial charge in [0, 0.05) is 0 Å². The summed E-state index contributed by atoms with van der Waals surface area (Å²) in [5.74, 6) is -0.157. The van der Waals surface area contributed by atoms with Crippen LogP contribution in [-0.2, 0) is 15.6 Å². The number of thiophene rings is 1. The molecule has 0 aliphatic carbocycles. The van der Waals surface area contributed by atoms with Crippen molar-refractivity contribution in [2.45, 2.75) is 5.75 Å². The number of hydrogen-bond acceptors (Lipinski definition) is 4. The Labute approximate surface area is 89.5 Å². The molecule has 74 valence electrons. The van der Waals surface area contributed by atoms with Crippen molar-refractivity contribution in [1.82, 2.24) is 0 Å². The van der Waals surface area contributed by atoms with Crippen molar-refractivity contribution in [3.63, 3.8) is 0 Å². The Balaban J connectivity index is 2.69. The number of hydrogen-bond donors (Lipinski definition) is 1. The minimum Gasteiger partial charge on any atom is -0.395 e. The Bertz CT molecular complexity index is 369. The Morgan fingerprint density at radius 2 is 2.23 bits per heavy atom. The maximum atomic E-state index is 11.2. The van der Waals surface area contributed by atoms with E-state index in [4.69, 9.17) is 5.11 Å². The zero-order valence-electron chi connectivity index (χ0n) is 6.73. The highest BCUT2D eigenvalue weighted by Crippen LogP contribution is 2.22. The van der Waals surface area contributed by atoms with Gasteiger partial charge in [0.05, 0.1) is 21.9 Å². The predicted molar refractivity (Wildman–Crippen MR) is 56.6 cm³/mol. The first kappa shape index (κ1) is 11.2. The van der Waals surface area contributed by atoms with Crippen LogP contribution >= 0.6 is 27.3 Å². The Kier molecular flexibility index (Phi) is 3.90. The van der Waals surface area contributed by atoms with E-state index in [9.17, 15) is 8.42 Å². The van der Waals surface area contributed by atoms with Crippen LogP contribution in [-0.4, -0.2) is 25.9 Å². The Morgan fingerprint density at radius 1 is 1.54 bits per heavy atom. The molecule has 0 spiro atoms. The van der Waals surface area contributed by atoms with E-state index < -0.39 is 9.84 Å². The van der Waals surface area contributed by atoms with Gasteiger partial charge >= 0.3 is 0 Å². The zero-order valence-corrected chi connectivity index (χ0v) is 9.95. The molecule has 0 radical (unpaired) electrons. The second-order valence-corrected chi connectivity index (χ2v) is 7.05. The summed E-state index contributed by atoms with van der Waals surface area (Å²) < 4.78 is 23.4. The first-order valence-corrected chi connectivity index (χ1v) is 7.07.